The lowest BCUT2D eigenvalue weighted by Crippen LogP contribution is -2.03. The summed E-state index contributed by atoms with van der Waals surface area (Å²) < 4.78 is 24.5. The van der Waals surface area contributed by atoms with Gasteiger partial charge in [-0.1, -0.05) is 6.92 Å². The Balaban J connectivity index is 2.38. The summed E-state index contributed by atoms with van der Waals surface area (Å²) in [5.41, 5.74) is 0.465. The molecule has 1 aromatic carbocycles. The predicted molar refractivity (Wildman–Crippen MR) is 57.5 cm³/mol. The first-order chi connectivity index (χ1) is 7.72. The number of aliphatic hydroxyl groups excluding tert-OH is 1. The van der Waals surface area contributed by atoms with Crippen LogP contribution in [0.3, 0.4) is 0 Å². The first-order valence-electron chi connectivity index (χ1n) is 5.42. The van der Waals surface area contributed by atoms with Crippen LogP contribution in [0.2, 0.25) is 0 Å². The van der Waals surface area contributed by atoms with Crippen molar-refractivity contribution >= 4 is 0 Å². The van der Waals surface area contributed by atoms with Gasteiger partial charge >= 0.3 is 0 Å². The molecule has 0 spiro atoms. The standard InChI is InChI=1S/C12H15FO3/c1-8(7-14)9-5-11-12(6-10(9)13)16-4-2-3-15-11/h5-6,8,14H,2-4,7H2,1H3. The topological polar surface area (TPSA) is 38.7 Å². The number of halogens is 1. The highest BCUT2D eigenvalue weighted by Crippen LogP contribution is 2.34. The normalized spacial score (nSPS) is 16.7. The summed E-state index contributed by atoms with van der Waals surface area (Å²) in [6, 6.07) is 2.96. The molecule has 0 aliphatic carbocycles. The van der Waals surface area contributed by atoms with Gasteiger partial charge in [0.25, 0.3) is 0 Å². The third-order valence-corrected chi connectivity index (χ3v) is 2.67. The van der Waals surface area contributed by atoms with Gasteiger partial charge in [0.1, 0.15) is 5.82 Å². The van der Waals surface area contributed by atoms with E-state index < -0.39 is 0 Å². The lowest BCUT2D eigenvalue weighted by Gasteiger charge is -2.13. The van der Waals surface area contributed by atoms with E-state index >= 15 is 0 Å². The van der Waals surface area contributed by atoms with Crippen molar-refractivity contribution in [2.24, 2.45) is 0 Å². The molecule has 1 aliphatic heterocycles. The highest BCUT2D eigenvalue weighted by Gasteiger charge is 2.17. The average molecular weight is 226 g/mol. The second-order valence-corrected chi connectivity index (χ2v) is 3.95. The number of aliphatic hydroxyl groups is 1. The lowest BCUT2D eigenvalue weighted by atomic mass is 10.0. The van der Waals surface area contributed by atoms with E-state index in [1.807, 2.05) is 0 Å². The van der Waals surface area contributed by atoms with Crippen LogP contribution < -0.4 is 9.47 Å². The van der Waals surface area contributed by atoms with Gasteiger partial charge in [-0.25, -0.2) is 4.39 Å². The first-order valence-corrected chi connectivity index (χ1v) is 5.42. The van der Waals surface area contributed by atoms with Gasteiger partial charge in [-0.3, -0.25) is 0 Å². The number of fused-ring (bicyclic) bond motifs is 1. The Labute approximate surface area is 93.8 Å². The maximum atomic E-state index is 13.7. The van der Waals surface area contributed by atoms with Gasteiger partial charge in [-0.2, -0.15) is 0 Å². The Kier molecular flexibility index (Phi) is 3.29. The number of hydrogen-bond acceptors (Lipinski definition) is 3. The van der Waals surface area contributed by atoms with Gasteiger partial charge in [-0.05, 0) is 11.6 Å². The van der Waals surface area contributed by atoms with Crippen molar-refractivity contribution in [1.29, 1.82) is 0 Å². The Morgan fingerprint density at radius 1 is 1.31 bits per heavy atom. The van der Waals surface area contributed by atoms with Gasteiger partial charge in [0, 0.05) is 25.0 Å². The van der Waals surface area contributed by atoms with Crippen molar-refractivity contribution in [3.63, 3.8) is 0 Å². The van der Waals surface area contributed by atoms with E-state index in [-0.39, 0.29) is 18.3 Å². The smallest absolute Gasteiger partial charge is 0.164 e. The molecule has 0 bridgehead atoms. The van der Waals surface area contributed by atoms with Gasteiger partial charge in [0.15, 0.2) is 11.5 Å². The number of ether oxygens (including phenoxy) is 2. The van der Waals surface area contributed by atoms with Crippen LogP contribution in [0.15, 0.2) is 12.1 Å². The third kappa shape index (κ3) is 2.11. The van der Waals surface area contributed by atoms with Crippen LogP contribution in [0, 0.1) is 5.82 Å². The monoisotopic (exact) mass is 226 g/mol. The molecule has 4 heteroatoms. The highest BCUT2D eigenvalue weighted by atomic mass is 19.1. The van der Waals surface area contributed by atoms with E-state index in [0.717, 1.165) is 6.42 Å². The second kappa shape index (κ2) is 4.70. The molecular formula is C12H15FO3. The molecule has 0 fully saturated rings. The summed E-state index contributed by atoms with van der Waals surface area (Å²) in [4.78, 5) is 0. The average Bonchev–Trinajstić information content (AvgIpc) is 2.51. The molecule has 1 unspecified atom stereocenters. The van der Waals surface area contributed by atoms with Gasteiger partial charge in [0.2, 0.25) is 0 Å². The molecule has 16 heavy (non-hydrogen) atoms. The molecular weight excluding hydrogens is 211 g/mol. The number of benzene rings is 1. The molecule has 0 radical (unpaired) electrons. The zero-order chi connectivity index (χ0) is 11.5. The van der Waals surface area contributed by atoms with Crippen LogP contribution in [0.4, 0.5) is 4.39 Å². The predicted octanol–water partition coefficient (Wildman–Crippen LogP) is 2.08. The molecule has 2 rings (SSSR count). The van der Waals surface area contributed by atoms with E-state index in [4.69, 9.17) is 14.6 Å². The van der Waals surface area contributed by atoms with Crippen molar-refractivity contribution < 1.29 is 19.0 Å². The SMILES string of the molecule is CC(CO)c1cc2c(cc1F)OCCCO2. The zero-order valence-corrected chi connectivity index (χ0v) is 9.20. The van der Waals surface area contributed by atoms with Crippen molar-refractivity contribution in [3.8, 4) is 11.5 Å². The highest BCUT2D eigenvalue weighted by molar-refractivity contribution is 5.45. The fraction of sp³-hybridized carbons (Fsp3) is 0.500. The van der Waals surface area contributed by atoms with Crippen LogP contribution in [0.25, 0.3) is 0 Å². The molecule has 0 aromatic heterocycles. The van der Waals surface area contributed by atoms with Gasteiger partial charge in [-0.15, -0.1) is 0 Å². The summed E-state index contributed by atoms with van der Waals surface area (Å²) in [6.45, 7) is 2.80. The van der Waals surface area contributed by atoms with Crippen LogP contribution in [0.1, 0.15) is 24.8 Å². The molecule has 1 aliphatic rings. The van der Waals surface area contributed by atoms with E-state index in [2.05, 4.69) is 0 Å². The molecule has 1 aromatic rings. The summed E-state index contributed by atoms with van der Waals surface area (Å²) in [6.07, 6.45) is 0.793. The van der Waals surface area contributed by atoms with E-state index in [0.29, 0.717) is 30.3 Å². The minimum Gasteiger partial charge on any atom is -0.490 e. The van der Waals surface area contributed by atoms with E-state index in [9.17, 15) is 4.39 Å². The number of rotatable bonds is 2. The van der Waals surface area contributed by atoms with Gasteiger partial charge in [0.05, 0.1) is 13.2 Å². The van der Waals surface area contributed by atoms with E-state index in [1.165, 1.54) is 6.07 Å². The van der Waals surface area contributed by atoms with Crippen LogP contribution in [-0.4, -0.2) is 24.9 Å². The molecule has 0 saturated carbocycles. The van der Waals surface area contributed by atoms with Crippen molar-refractivity contribution in [2.45, 2.75) is 19.3 Å². The van der Waals surface area contributed by atoms with Crippen molar-refractivity contribution in [3.05, 3.63) is 23.5 Å². The largest absolute Gasteiger partial charge is 0.490 e. The summed E-state index contributed by atoms with van der Waals surface area (Å²) in [5, 5.41) is 9.03. The minimum atomic E-state index is -0.356. The molecule has 1 atom stereocenters. The molecule has 0 amide bonds. The van der Waals surface area contributed by atoms with E-state index in [1.54, 1.807) is 13.0 Å². The molecule has 1 heterocycles. The summed E-state index contributed by atoms with van der Waals surface area (Å²) >= 11 is 0. The van der Waals surface area contributed by atoms with Crippen molar-refractivity contribution in [1.82, 2.24) is 0 Å². The minimum absolute atomic E-state index is 0.0867. The quantitative estimate of drug-likeness (QED) is 0.839. The maximum absolute atomic E-state index is 13.7. The molecule has 0 saturated heterocycles. The lowest BCUT2D eigenvalue weighted by molar-refractivity contribution is 0.269. The summed E-state index contributed by atoms with van der Waals surface area (Å²) in [7, 11) is 0. The number of hydrogen-bond donors (Lipinski definition) is 1. The Hall–Kier alpha value is -1.29. The maximum Gasteiger partial charge on any atom is 0.164 e. The van der Waals surface area contributed by atoms with Crippen molar-refractivity contribution in [2.75, 3.05) is 19.8 Å². The second-order valence-electron chi connectivity index (χ2n) is 3.95. The molecule has 88 valence electrons. The molecule has 1 N–H and O–H groups in total. The molecule has 3 nitrogen and oxygen atoms in total. The Morgan fingerprint density at radius 3 is 2.56 bits per heavy atom. The van der Waals surface area contributed by atoms with Crippen LogP contribution in [-0.2, 0) is 0 Å². The third-order valence-electron chi connectivity index (χ3n) is 2.67. The fourth-order valence-electron chi connectivity index (χ4n) is 1.68. The zero-order valence-electron chi connectivity index (χ0n) is 9.20. The van der Waals surface area contributed by atoms with Crippen LogP contribution in [0.5, 0.6) is 11.5 Å². The Morgan fingerprint density at radius 2 is 1.94 bits per heavy atom. The summed E-state index contributed by atoms with van der Waals surface area (Å²) in [5.74, 6) is 0.418. The van der Waals surface area contributed by atoms with Crippen LogP contribution >= 0.6 is 0 Å². The fourth-order valence-corrected chi connectivity index (χ4v) is 1.68. The van der Waals surface area contributed by atoms with Gasteiger partial charge < -0.3 is 14.6 Å². The Bertz CT molecular complexity index is 379. The first kappa shape index (κ1) is 11.2.